The summed E-state index contributed by atoms with van der Waals surface area (Å²) in [6.07, 6.45) is 0.0758. The Bertz CT molecular complexity index is 1160. The van der Waals surface area contributed by atoms with Gasteiger partial charge in [0, 0.05) is 18.2 Å². The number of fused-ring (bicyclic) bond motifs is 1. The molecule has 33 heavy (non-hydrogen) atoms. The van der Waals surface area contributed by atoms with E-state index in [0.29, 0.717) is 35.0 Å². The third kappa shape index (κ3) is 4.62. The van der Waals surface area contributed by atoms with Crippen LogP contribution in [0.1, 0.15) is 33.9 Å². The molecule has 7 nitrogen and oxygen atoms in total. The Morgan fingerprint density at radius 3 is 2.30 bits per heavy atom. The van der Waals surface area contributed by atoms with E-state index in [-0.39, 0.29) is 18.2 Å². The number of hydrogen-bond donors (Lipinski definition) is 1. The molecule has 0 spiro atoms. The molecule has 4 rings (SSSR count). The average Bonchev–Trinajstić information content (AvgIpc) is 3.18. The van der Waals surface area contributed by atoms with Crippen molar-refractivity contribution in [2.45, 2.75) is 19.0 Å². The number of amides is 2. The van der Waals surface area contributed by atoms with Crippen LogP contribution >= 0.6 is 0 Å². The van der Waals surface area contributed by atoms with E-state index in [1.54, 1.807) is 37.3 Å². The highest BCUT2D eigenvalue weighted by Gasteiger charge is 2.34. The van der Waals surface area contributed by atoms with Crippen molar-refractivity contribution in [1.29, 1.82) is 0 Å². The quantitative estimate of drug-likeness (QED) is 0.554. The molecule has 1 aliphatic rings. The van der Waals surface area contributed by atoms with Crippen molar-refractivity contribution in [3.8, 4) is 17.2 Å². The van der Waals surface area contributed by atoms with Crippen molar-refractivity contribution in [2.24, 2.45) is 0 Å². The molecule has 2 amide bonds. The molecular formula is C26H26N2O5. The van der Waals surface area contributed by atoms with Crippen LogP contribution in [0.4, 0.5) is 5.69 Å². The van der Waals surface area contributed by atoms with Gasteiger partial charge in [0.25, 0.3) is 5.91 Å². The molecule has 3 aromatic carbocycles. The zero-order valence-electron chi connectivity index (χ0n) is 18.8. The fourth-order valence-electron chi connectivity index (χ4n) is 4.05. The van der Waals surface area contributed by atoms with E-state index in [4.69, 9.17) is 14.2 Å². The van der Waals surface area contributed by atoms with Gasteiger partial charge in [-0.2, -0.15) is 0 Å². The second-order valence-corrected chi connectivity index (χ2v) is 7.70. The number of methoxy groups -OCH3 is 3. The number of nitrogens with one attached hydrogen (secondary N) is 1. The minimum absolute atomic E-state index is 0.0758. The molecule has 3 aromatic rings. The number of carbonyl (C=O) groups excluding carboxylic acids is 2. The summed E-state index contributed by atoms with van der Waals surface area (Å²) in [5.41, 5.74) is 2.98. The highest BCUT2D eigenvalue weighted by Crippen LogP contribution is 2.35. The maximum atomic E-state index is 13.2. The lowest BCUT2D eigenvalue weighted by Gasteiger charge is -2.28. The molecular weight excluding hydrogens is 420 g/mol. The maximum Gasteiger partial charge on any atom is 0.255 e. The van der Waals surface area contributed by atoms with Crippen LogP contribution in [0, 0.1) is 0 Å². The topological polar surface area (TPSA) is 77.1 Å². The van der Waals surface area contributed by atoms with Gasteiger partial charge in [0.15, 0.2) is 0 Å². The van der Waals surface area contributed by atoms with Gasteiger partial charge in [-0.15, -0.1) is 0 Å². The first-order chi connectivity index (χ1) is 16.0. The predicted molar refractivity (Wildman–Crippen MR) is 125 cm³/mol. The van der Waals surface area contributed by atoms with Crippen molar-refractivity contribution in [1.82, 2.24) is 4.90 Å². The van der Waals surface area contributed by atoms with Gasteiger partial charge in [-0.05, 0) is 41.5 Å². The van der Waals surface area contributed by atoms with Gasteiger partial charge in [-0.3, -0.25) is 9.59 Å². The average molecular weight is 447 g/mol. The van der Waals surface area contributed by atoms with E-state index < -0.39 is 6.04 Å². The molecule has 0 fully saturated rings. The van der Waals surface area contributed by atoms with Crippen LogP contribution in [0.25, 0.3) is 0 Å². The van der Waals surface area contributed by atoms with E-state index in [1.807, 2.05) is 48.5 Å². The monoisotopic (exact) mass is 446 g/mol. The van der Waals surface area contributed by atoms with Crippen LogP contribution in [0.15, 0.2) is 66.7 Å². The molecule has 1 heterocycles. The molecule has 0 radical (unpaired) electrons. The molecule has 170 valence electrons. The molecule has 1 N–H and O–H groups in total. The SMILES string of the molecule is COc1ccc([C@@H](CC(=O)Nc2cc(OC)ccc2OC)N2Cc3ccccc3C2=O)cc1. The van der Waals surface area contributed by atoms with Gasteiger partial charge < -0.3 is 24.4 Å². The largest absolute Gasteiger partial charge is 0.497 e. The molecule has 0 unspecified atom stereocenters. The normalized spacial score (nSPS) is 13.3. The van der Waals surface area contributed by atoms with E-state index in [0.717, 1.165) is 11.1 Å². The highest BCUT2D eigenvalue weighted by atomic mass is 16.5. The van der Waals surface area contributed by atoms with Crippen LogP contribution in [-0.2, 0) is 11.3 Å². The maximum absolute atomic E-state index is 13.2. The number of nitrogens with zero attached hydrogens (tertiary/aromatic N) is 1. The first-order valence-electron chi connectivity index (χ1n) is 10.6. The Hall–Kier alpha value is -4.00. The van der Waals surface area contributed by atoms with Gasteiger partial charge in [-0.25, -0.2) is 0 Å². The standard InChI is InChI=1S/C26H26N2O5/c1-31-19-10-8-17(9-11-19)23(28-16-18-6-4-5-7-21(18)26(28)30)15-25(29)27-22-14-20(32-2)12-13-24(22)33-3/h4-14,23H,15-16H2,1-3H3,(H,27,29)/t23-/m1/s1. The molecule has 0 bridgehead atoms. The third-order valence-electron chi connectivity index (χ3n) is 5.79. The lowest BCUT2D eigenvalue weighted by Crippen LogP contribution is -2.32. The molecule has 1 atom stereocenters. The van der Waals surface area contributed by atoms with E-state index in [1.165, 1.54) is 7.11 Å². The Morgan fingerprint density at radius 1 is 0.939 bits per heavy atom. The van der Waals surface area contributed by atoms with Gasteiger partial charge in [0.05, 0.1) is 39.5 Å². The number of anilines is 1. The summed E-state index contributed by atoms with van der Waals surface area (Å²) in [7, 11) is 4.70. The number of carbonyl (C=O) groups is 2. The fraction of sp³-hybridized carbons (Fsp3) is 0.231. The second kappa shape index (κ2) is 9.65. The smallest absolute Gasteiger partial charge is 0.255 e. The highest BCUT2D eigenvalue weighted by molar-refractivity contribution is 5.99. The number of rotatable bonds is 8. The summed E-state index contributed by atoms with van der Waals surface area (Å²) in [6, 6.07) is 19.7. The summed E-state index contributed by atoms with van der Waals surface area (Å²) in [6.45, 7) is 0.446. The minimum Gasteiger partial charge on any atom is -0.497 e. The molecule has 0 saturated carbocycles. The molecule has 7 heteroatoms. The summed E-state index contributed by atoms with van der Waals surface area (Å²) >= 11 is 0. The van der Waals surface area contributed by atoms with Gasteiger partial charge in [0.2, 0.25) is 5.91 Å². The molecule has 0 aliphatic carbocycles. The Kier molecular flexibility index (Phi) is 6.49. The summed E-state index contributed by atoms with van der Waals surface area (Å²) in [5.74, 6) is 1.50. The first-order valence-corrected chi connectivity index (χ1v) is 10.6. The van der Waals surface area contributed by atoms with E-state index in [2.05, 4.69) is 5.32 Å². The van der Waals surface area contributed by atoms with Crippen molar-refractivity contribution in [3.05, 3.63) is 83.4 Å². The van der Waals surface area contributed by atoms with Crippen LogP contribution < -0.4 is 19.5 Å². The van der Waals surface area contributed by atoms with Crippen LogP contribution in [0.3, 0.4) is 0 Å². The van der Waals surface area contributed by atoms with Crippen molar-refractivity contribution in [3.63, 3.8) is 0 Å². The van der Waals surface area contributed by atoms with Crippen LogP contribution in [0.5, 0.6) is 17.2 Å². The number of benzene rings is 3. The zero-order chi connectivity index (χ0) is 23.4. The Morgan fingerprint density at radius 2 is 1.64 bits per heavy atom. The third-order valence-corrected chi connectivity index (χ3v) is 5.79. The summed E-state index contributed by atoms with van der Waals surface area (Å²) in [5, 5.41) is 2.91. The summed E-state index contributed by atoms with van der Waals surface area (Å²) < 4.78 is 15.9. The van der Waals surface area contributed by atoms with Gasteiger partial charge in [0.1, 0.15) is 17.2 Å². The molecule has 0 aromatic heterocycles. The number of ether oxygens (including phenoxy) is 3. The Balaban J connectivity index is 1.62. The molecule has 0 saturated heterocycles. The zero-order valence-corrected chi connectivity index (χ0v) is 18.8. The van der Waals surface area contributed by atoms with Crippen molar-refractivity contribution >= 4 is 17.5 Å². The van der Waals surface area contributed by atoms with E-state index in [9.17, 15) is 9.59 Å². The first kappa shape index (κ1) is 22.2. The predicted octanol–water partition coefficient (Wildman–Crippen LogP) is 4.44. The molecule has 1 aliphatic heterocycles. The van der Waals surface area contributed by atoms with Gasteiger partial charge >= 0.3 is 0 Å². The fourth-order valence-corrected chi connectivity index (χ4v) is 4.05. The van der Waals surface area contributed by atoms with Crippen molar-refractivity contribution in [2.75, 3.05) is 26.6 Å². The van der Waals surface area contributed by atoms with Gasteiger partial charge in [-0.1, -0.05) is 30.3 Å². The lowest BCUT2D eigenvalue weighted by atomic mass is 10.0. The van der Waals surface area contributed by atoms with Crippen LogP contribution in [0.2, 0.25) is 0 Å². The Labute approximate surface area is 192 Å². The lowest BCUT2D eigenvalue weighted by molar-refractivity contribution is -0.117. The van der Waals surface area contributed by atoms with E-state index >= 15 is 0 Å². The second-order valence-electron chi connectivity index (χ2n) is 7.70. The summed E-state index contributed by atoms with van der Waals surface area (Å²) in [4.78, 5) is 28.1. The minimum atomic E-state index is -0.451. The number of hydrogen-bond acceptors (Lipinski definition) is 5. The van der Waals surface area contributed by atoms with Crippen LogP contribution in [-0.4, -0.2) is 38.0 Å². The van der Waals surface area contributed by atoms with Crippen molar-refractivity contribution < 1.29 is 23.8 Å².